The topological polar surface area (TPSA) is 52.0 Å². The van der Waals surface area contributed by atoms with E-state index in [2.05, 4.69) is 18.2 Å². The first-order valence-corrected chi connectivity index (χ1v) is 6.81. The maximum Gasteiger partial charge on any atom is 0.00389 e. The Hall–Kier alpha value is -1.02. The van der Waals surface area contributed by atoms with Gasteiger partial charge in [0.15, 0.2) is 0 Å². The predicted octanol–water partition coefficient (Wildman–Crippen LogP) is 3.01. The molecule has 0 saturated heterocycles. The minimum atomic E-state index is 0.440. The first-order chi connectivity index (χ1) is 8.28. The Kier molecular flexibility index (Phi) is 4.43. The van der Waals surface area contributed by atoms with E-state index in [1.165, 1.54) is 49.7 Å². The summed E-state index contributed by atoms with van der Waals surface area (Å²) in [5.41, 5.74) is 14.3. The molecule has 0 heterocycles. The van der Waals surface area contributed by atoms with Gasteiger partial charge in [0.05, 0.1) is 0 Å². The predicted molar refractivity (Wildman–Crippen MR) is 73.3 cm³/mol. The Bertz CT molecular complexity index is 339. The van der Waals surface area contributed by atoms with Crippen LogP contribution < -0.4 is 11.5 Å². The van der Waals surface area contributed by atoms with Gasteiger partial charge < -0.3 is 11.5 Å². The van der Waals surface area contributed by atoms with Gasteiger partial charge in [0.25, 0.3) is 0 Å². The Balaban J connectivity index is 1.92. The molecule has 0 aromatic heterocycles. The third-order valence-electron chi connectivity index (χ3n) is 3.93. The van der Waals surface area contributed by atoms with Crippen molar-refractivity contribution in [3.63, 3.8) is 0 Å². The average molecular weight is 232 g/mol. The van der Waals surface area contributed by atoms with Gasteiger partial charge in [0, 0.05) is 6.04 Å². The fourth-order valence-electron chi connectivity index (χ4n) is 2.88. The average Bonchev–Trinajstić information content (AvgIpc) is 2.55. The van der Waals surface area contributed by atoms with E-state index in [4.69, 9.17) is 11.5 Å². The number of nitrogens with two attached hydrogens (primary N) is 2. The molecule has 0 aromatic rings. The molecule has 17 heavy (non-hydrogen) atoms. The lowest BCUT2D eigenvalue weighted by molar-refractivity contribution is 0.455. The summed E-state index contributed by atoms with van der Waals surface area (Å²) in [6.45, 7) is 0. The highest BCUT2D eigenvalue weighted by Crippen LogP contribution is 2.30. The van der Waals surface area contributed by atoms with Gasteiger partial charge in [0.2, 0.25) is 0 Å². The standard InChI is InChI=1S/C15H24N2/c16-11-14-5-1-4-13(10-14)9-12-3-2-6-15(17)8-7-12/h1,4,10-12,15H,2-3,5-9,16-17H2/b14-11-. The van der Waals surface area contributed by atoms with E-state index in [9.17, 15) is 0 Å². The molecule has 2 unspecified atom stereocenters. The normalized spacial score (nSPS) is 32.3. The highest BCUT2D eigenvalue weighted by atomic mass is 14.6. The van der Waals surface area contributed by atoms with E-state index in [1.54, 1.807) is 6.20 Å². The number of hydrogen-bond donors (Lipinski definition) is 2. The van der Waals surface area contributed by atoms with Crippen molar-refractivity contribution in [2.24, 2.45) is 17.4 Å². The molecule has 2 aliphatic carbocycles. The second kappa shape index (κ2) is 6.06. The Morgan fingerprint density at radius 2 is 2.12 bits per heavy atom. The summed E-state index contributed by atoms with van der Waals surface area (Å²) in [5, 5.41) is 0. The minimum absolute atomic E-state index is 0.440. The molecule has 94 valence electrons. The van der Waals surface area contributed by atoms with Crippen molar-refractivity contribution >= 4 is 0 Å². The van der Waals surface area contributed by atoms with Crippen molar-refractivity contribution in [1.29, 1.82) is 0 Å². The molecule has 0 bridgehead atoms. The van der Waals surface area contributed by atoms with Crippen LogP contribution in [-0.4, -0.2) is 6.04 Å². The molecule has 1 saturated carbocycles. The van der Waals surface area contributed by atoms with Crippen LogP contribution in [0.25, 0.3) is 0 Å². The zero-order chi connectivity index (χ0) is 12.1. The van der Waals surface area contributed by atoms with Crippen molar-refractivity contribution in [2.45, 2.75) is 51.0 Å². The van der Waals surface area contributed by atoms with Gasteiger partial charge in [-0.25, -0.2) is 0 Å². The number of rotatable bonds is 2. The Morgan fingerprint density at radius 3 is 2.94 bits per heavy atom. The van der Waals surface area contributed by atoms with E-state index >= 15 is 0 Å². The maximum absolute atomic E-state index is 6.02. The van der Waals surface area contributed by atoms with E-state index < -0.39 is 0 Å². The molecule has 1 fully saturated rings. The Labute approximate surface area is 104 Å². The molecule has 2 nitrogen and oxygen atoms in total. The van der Waals surface area contributed by atoms with Crippen LogP contribution in [-0.2, 0) is 0 Å². The van der Waals surface area contributed by atoms with Gasteiger partial charge >= 0.3 is 0 Å². The summed E-state index contributed by atoms with van der Waals surface area (Å²) in [6, 6.07) is 0.440. The molecule has 0 spiro atoms. The van der Waals surface area contributed by atoms with Crippen molar-refractivity contribution in [3.8, 4) is 0 Å². The van der Waals surface area contributed by atoms with Crippen LogP contribution in [0.1, 0.15) is 44.9 Å². The van der Waals surface area contributed by atoms with Gasteiger partial charge in [-0.2, -0.15) is 0 Å². The molecular formula is C15H24N2. The van der Waals surface area contributed by atoms with Crippen LogP contribution in [0.2, 0.25) is 0 Å². The second-order valence-corrected chi connectivity index (χ2v) is 5.41. The van der Waals surface area contributed by atoms with Crippen LogP contribution >= 0.6 is 0 Å². The minimum Gasteiger partial charge on any atom is -0.404 e. The van der Waals surface area contributed by atoms with Gasteiger partial charge in [-0.3, -0.25) is 0 Å². The van der Waals surface area contributed by atoms with Crippen molar-refractivity contribution < 1.29 is 0 Å². The molecule has 4 N–H and O–H groups in total. The van der Waals surface area contributed by atoms with Crippen molar-refractivity contribution in [1.82, 2.24) is 0 Å². The molecule has 2 rings (SSSR count). The highest BCUT2D eigenvalue weighted by Gasteiger charge is 2.17. The van der Waals surface area contributed by atoms with Crippen molar-refractivity contribution in [2.75, 3.05) is 0 Å². The van der Waals surface area contributed by atoms with Gasteiger partial charge in [-0.05, 0) is 55.4 Å². The smallest absolute Gasteiger partial charge is 0.00389 e. The number of hydrogen-bond acceptors (Lipinski definition) is 2. The molecule has 0 aliphatic heterocycles. The fraction of sp³-hybridized carbons (Fsp3) is 0.600. The van der Waals surface area contributed by atoms with E-state index in [1.807, 2.05) is 0 Å². The zero-order valence-electron chi connectivity index (χ0n) is 10.6. The summed E-state index contributed by atoms with van der Waals surface area (Å²) in [7, 11) is 0. The third-order valence-corrected chi connectivity index (χ3v) is 3.93. The molecule has 0 aromatic carbocycles. The number of allylic oxidation sites excluding steroid dienone is 5. The van der Waals surface area contributed by atoms with E-state index in [-0.39, 0.29) is 0 Å². The first kappa shape index (κ1) is 12.4. The monoisotopic (exact) mass is 232 g/mol. The summed E-state index contributed by atoms with van der Waals surface area (Å²) >= 11 is 0. The SMILES string of the molecule is N/C=C1\C=C(CC2CCCC(N)CC2)C=CC1. The third kappa shape index (κ3) is 3.74. The fourth-order valence-corrected chi connectivity index (χ4v) is 2.88. The van der Waals surface area contributed by atoms with Crippen molar-refractivity contribution in [3.05, 3.63) is 35.6 Å². The molecule has 2 heteroatoms. The largest absolute Gasteiger partial charge is 0.404 e. The van der Waals surface area contributed by atoms with E-state index in [0.29, 0.717) is 6.04 Å². The highest BCUT2D eigenvalue weighted by molar-refractivity contribution is 5.36. The van der Waals surface area contributed by atoms with Crippen LogP contribution in [0.3, 0.4) is 0 Å². The first-order valence-electron chi connectivity index (χ1n) is 6.81. The molecule has 2 aliphatic rings. The summed E-state index contributed by atoms with van der Waals surface area (Å²) in [4.78, 5) is 0. The quantitative estimate of drug-likeness (QED) is 0.719. The lowest BCUT2D eigenvalue weighted by Gasteiger charge is -2.17. The lowest BCUT2D eigenvalue weighted by Crippen LogP contribution is -2.18. The summed E-state index contributed by atoms with van der Waals surface area (Å²) < 4.78 is 0. The zero-order valence-corrected chi connectivity index (χ0v) is 10.6. The molecule has 2 atom stereocenters. The molecule has 0 amide bonds. The van der Waals surface area contributed by atoms with Crippen LogP contribution in [0, 0.1) is 5.92 Å². The maximum atomic E-state index is 6.02. The van der Waals surface area contributed by atoms with Crippen LogP contribution in [0.15, 0.2) is 35.6 Å². The molecular weight excluding hydrogens is 208 g/mol. The Morgan fingerprint density at radius 1 is 1.24 bits per heavy atom. The van der Waals surface area contributed by atoms with E-state index in [0.717, 1.165) is 12.3 Å². The van der Waals surface area contributed by atoms with Gasteiger partial charge in [-0.1, -0.05) is 31.1 Å². The van der Waals surface area contributed by atoms with Gasteiger partial charge in [-0.15, -0.1) is 0 Å². The van der Waals surface area contributed by atoms with Crippen LogP contribution in [0.4, 0.5) is 0 Å². The lowest BCUT2D eigenvalue weighted by atomic mass is 9.89. The summed E-state index contributed by atoms with van der Waals surface area (Å²) in [6.07, 6.45) is 17.0. The second-order valence-electron chi connectivity index (χ2n) is 5.41. The van der Waals surface area contributed by atoms with Crippen LogP contribution in [0.5, 0.6) is 0 Å². The van der Waals surface area contributed by atoms with Gasteiger partial charge in [0.1, 0.15) is 0 Å². The molecule has 0 radical (unpaired) electrons. The summed E-state index contributed by atoms with van der Waals surface area (Å²) in [5.74, 6) is 0.816.